The van der Waals surface area contributed by atoms with Crippen molar-refractivity contribution >= 4 is 34.1 Å². The first-order chi connectivity index (χ1) is 17.1. The Hall–Kier alpha value is -2.37. The number of piperidine rings is 1. The molecule has 2 amide bonds. The zero-order valence-corrected chi connectivity index (χ0v) is 22.3. The number of H-pyrrole nitrogens is 1. The molecule has 9 nitrogen and oxygen atoms in total. The lowest BCUT2D eigenvalue weighted by Crippen LogP contribution is -2.52. The number of nitrogens with one attached hydrogen (secondary N) is 2. The molecule has 1 aliphatic rings. The van der Waals surface area contributed by atoms with Gasteiger partial charge in [0.25, 0.3) is 0 Å². The van der Waals surface area contributed by atoms with Crippen molar-refractivity contribution in [3.8, 4) is 0 Å². The number of amides is 2. The van der Waals surface area contributed by atoms with Gasteiger partial charge in [0.15, 0.2) is 5.82 Å². The molecule has 1 saturated heterocycles. The van der Waals surface area contributed by atoms with Crippen molar-refractivity contribution in [2.24, 2.45) is 5.92 Å². The second-order valence-corrected chi connectivity index (χ2v) is 10.8. The van der Waals surface area contributed by atoms with Crippen molar-refractivity contribution in [1.82, 2.24) is 24.5 Å². The van der Waals surface area contributed by atoms with Gasteiger partial charge in [-0.15, -0.1) is 0 Å². The summed E-state index contributed by atoms with van der Waals surface area (Å²) >= 11 is -2.70. The van der Waals surface area contributed by atoms with Crippen LogP contribution in [0.25, 0.3) is 11.0 Å². The van der Waals surface area contributed by atoms with Crippen molar-refractivity contribution < 1.29 is 22.7 Å². The number of imidazole rings is 1. The largest absolute Gasteiger partial charge is 0.760 e. The van der Waals surface area contributed by atoms with Crippen LogP contribution >= 0.6 is 0 Å². The van der Waals surface area contributed by atoms with E-state index in [2.05, 4.69) is 15.3 Å². The minimum atomic E-state index is -2.70. The Kier molecular flexibility index (Phi) is 9.98. The molecule has 0 aliphatic carbocycles. The van der Waals surface area contributed by atoms with Crippen molar-refractivity contribution in [3.05, 3.63) is 29.8 Å². The van der Waals surface area contributed by atoms with Crippen molar-refractivity contribution in [3.63, 3.8) is 0 Å². The molecule has 2 N–H and O–H groups in total. The number of para-hydroxylation sites is 1. The molecular weight excluding hydrogens is 485 g/mol. The third-order valence-electron chi connectivity index (χ3n) is 6.81. The summed E-state index contributed by atoms with van der Waals surface area (Å²) in [5.41, 5.74) is 0.656. The number of fused-ring (bicyclic) bond motifs is 1. The topological polar surface area (TPSA) is 121 Å². The fourth-order valence-corrected chi connectivity index (χ4v) is 5.31. The SMILES string of the molecule is CC[C@H]1CCCCN1C(=O)C[C@@H](C(=O)N[C@@H](C)c1nc2c(F)cccc2[nH]1)N(CCC(C)C)S(=O)[O-]. The number of hydrogen-bond acceptors (Lipinski definition) is 5. The minimum absolute atomic E-state index is 0.0983. The Morgan fingerprint density at radius 2 is 2.08 bits per heavy atom. The van der Waals surface area contributed by atoms with E-state index in [1.54, 1.807) is 24.0 Å². The van der Waals surface area contributed by atoms with Gasteiger partial charge in [-0.3, -0.25) is 13.8 Å². The van der Waals surface area contributed by atoms with Gasteiger partial charge in [0.05, 0.1) is 18.0 Å². The quantitative estimate of drug-likeness (QED) is 0.437. The molecular formula is C25H37FN5O4S-. The highest BCUT2D eigenvalue weighted by molar-refractivity contribution is 7.76. The predicted molar refractivity (Wildman–Crippen MR) is 136 cm³/mol. The van der Waals surface area contributed by atoms with E-state index in [-0.39, 0.29) is 36.3 Å². The van der Waals surface area contributed by atoms with Gasteiger partial charge in [-0.05, 0) is 57.1 Å². The summed E-state index contributed by atoms with van der Waals surface area (Å²) in [6, 6.07) is 2.79. The maximum Gasteiger partial charge on any atom is 0.239 e. The average Bonchev–Trinajstić information content (AvgIpc) is 3.29. The van der Waals surface area contributed by atoms with E-state index in [1.165, 1.54) is 6.07 Å². The van der Waals surface area contributed by atoms with E-state index in [4.69, 9.17) is 0 Å². The second kappa shape index (κ2) is 12.7. The first kappa shape index (κ1) is 28.2. The number of aromatic amines is 1. The van der Waals surface area contributed by atoms with Gasteiger partial charge in [-0.25, -0.2) is 13.7 Å². The fraction of sp³-hybridized carbons (Fsp3) is 0.640. The monoisotopic (exact) mass is 522 g/mol. The first-order valence-corrected chi connectivity index (χ1v) is 13.8. The number of carbonyl (C=O) groups excluding carboxylic acids is 2. The van der Waals surface area contributed by atoms with E-state index >= 15 is 0 Å². The van der Waals surface area contributed by atoms with E-state index in [1.807, 2.05) is 20.8 Å². The Bertz CT molecular complexity index is 1080. The van der Waals surface area contributed by atoms with Crippen LogP contribution in [0.4, 0.5) is 4.39 Å². The summed E-state index contributed by atoms with van der Waals surface area (Å²) in [5.74, 6) is -0.737. The van der Waals surface area contributed by atoms with E-state index in [0.29, 0.717) is 24.3 Å². The summed E-state index contributed by atoms with van der Waals surface area (Å²) < 4.78 is 39.6. The predicted octanol–water partition coefficient (Wildman–Crippen LogP) is 3.57. The maximum absolute atomic E-state index is 14.1. The van der Waals surface area contributed by atoms with Crippen LogP contribution in [0.2, 0.25) is 0 Å². The number of hydrogen-bond donors (Lipinski definition) is 2. The zero-order valence-electron chi connectivity index (χ0n) is 21.5. The van der Waals surface area contributed by atoms with Crippen LogP contribution in [-0.4, -0.2) is 64.9 Å². The Labute approximate surface area is 214 Å². The summed E-state index contributed by atoms with van der Waals surface area (Å²) in [7, 11) is 0. The fourth-order valence-electron chi connectivity index (χ4n) is 4.68. The Balaban J connectivity index is 1.83. The maximum atomic E-state index is 14.1. The molecule has 1 aromatic carbocycles. The molecule has 0 spiro atoms. The lowest BCUT2D eigenvalue weighted by Gasteiger charge is -2.38. The summed E-state index contributed by atoms with van der Waals surface area (Å²) in [5, 5.41) is 2.79. The van der Waals surface area contributed by atoms with Crippen LogP contribution in [-0.2, 0) is 20.9 Å². The molecule has 2 aromatic rings. The molecule has 0 bridgehead atoms. The Morgan fingerprint density at radius 3 is 2.72 bits per heavy atom. The number of rotatable bonds is 11. The van der Waals surface area contributed by atoms with Crippen LogP contribution < -0.4 is 5.32 Å². The van der Waals surface area contributed by atoms with Gasteiger partial charge < -0.3 is 19.8 Å². The third kappa shape index (κ3) is 6.89. The number of benzene rings is 1. The molecule has 36 heavy (non-hydrogen) atoms. The number of likely N-dealkylation sites (tertiary alicyclic amines) is 1. The molecule has 1 aliphatic heterocycles. The van der Waals surface area contributed by atoms with Crippen LogP contribution in [0.1, 0.15) is 78.1 Å². The van der Waals surface area contributed by atoms with Crippen LogP contribution in [0, 0.1) is 11.7 Å². The number of aromatic nitrogens is 2. The summed E-state index contributed by atoms with van der Waals surface area (Å²) in [6.07, 6.45) is 3.97. The van der Waals surface area contributed by atoms with Gasteiger partial charge in [-0.1, -0.05) is 26.8 Å². The minimum Gasteiger partial charge on any atom is -0.760 e. The van der Waals surface area contributed by atoms with Gasteiger partial charge in [0, 0.05) is 30.4 Å². The number of nitrogens with zero attached hydrogens (tertiary/aromatic N) is 3. The van der Waals surface area contributed by atoms with E-state index in [0.717, 1.165) is 30.0 Å². The first-order valence-electron chi connectivity index (χ1n) is 12.7. The van der Waals surface area contributed by atoms with Gasteiger partial charge in [0.1, 0.15) is 17.4 Å². The average molecular weight is 523 g/mol. The highest BCUT2D eigenvalue weighted by atomic mass is 32.2. The molecule has 4 atom stereocenters. The molecule has 2 heterocycles. The van der Waals surface area contributed by atoms with E-state index < -0.39 is 35.1 Å². The van der Waals surface area contributed by atoms with Crippen LogP contribution in [0.3, 0.4) is 0 Å². The molecule has 1 unspecified atom stereocenters. The van der Waals surface area contributed by atoms with Crippen molar-refractivity contribution in [2.75, 3.05) is 13.1 Å². The smallest absolute Gasteiger partial charge is 0.239 e. The van der Waals surface area contributed by atoms with Crippen molar-refractivity contribution in [1.29, 1.82) is 0 Å². The summed E-state index contributed by atoms with van der Waals surface area (Å²) in [6.45, 7) is 8.37. The summed E-state index contributed by atoms with van der Waals surface area (Å²) in [4.78, 5) is 35.8. The normalized spacial score (nSPS) is 19.0. The zero-order chi connectivity index (χ0) is 26.4. The molecule has 1 aromatic heterocycles. The number of carbonyl (C=O) groups is 2. The highest BCUT2D eigenvalue weighted by Gasteiger charge is 2.34. The van der Waals surface area contributed by atoms with Crippen molar-refractivity contribution in [2.45, 2.75) is 84.3 Å². The standard InChI is InChI=1S/C25H38FN5O4S/c1-5-18-9-6-7-13-30(18)22(32)15-21(31(36(34)35)14-12-16(2)3)25(33)27-17(4)24-28-20-11-8-10-19(26)23(20)29-24/h8,10-11,16-18,21H,5-7,9,12-15H2,1-4H3,(H,27,33)(H,28,29)(H,34,35)/p-1/t17-,18-,21-/m0/s1. The molecule has 1 fully saturated rings. The Morgan fingerprint density at radius 1 is 1.33 bits per heavy atom. The molecule has 3 rings (SSSR count). The lowest BCUT2D eigenvalue weighted by molar-refractivity contribution is -0.139. The lowest BCUT2D eigenvalue weighted by atomic mass is 9.98. The van der Waals surface area contributed by atoms with Crippen LogP contribution in [0.5, 0.6) is 0 Å². The van der Waals surface area contributed by atoms with Gasteiger partial charge >= 0.3 is 0 Å². The van der Waals surface area contributed by atoms with E-state index in [9.17, 15) is 22.7 Å². The molecule has 11 heteroatoms. The molecule has 0 saturated carbocycles. The third-order valence-corrected chi connectivity index (χ3v) is 7.63. The second-order valence-electron chi connectivity index (χ2n) is 9.89. The molecule has 0 radical (unpaired) electrons. The highest BCUT2D eigenvalue weighted by Crippen LogP contribution is 2.23. The van der Waals surface area contributed by atoms with Gasteiger partial charge in [-0.2, -0.15) is 0 Å². The van der Waals surface area contributed by atoms with Crippen LogP contribution in [0.15, 0.2) is 18.2 Å². The molecule has 200 valence electrons. The van der Waals surface area contributed by atoms with Gasteiger partial charge in [0.2, 0.25) is 11.8 Å². The number of halogens is 1.